The molecule has 3 atom stereocenters. The third-order valence-electron chi connectivity index (χ3n) is 9.57. The number of nitrogens with zero attached hydrogens (tertiary/aromatic N) is 2. The Hall–Kier alpha value is -3.35. The summed E-state index contributed by atoms with van der Waals surface area (Å²) in [6, 6.07) is 4.20. The number of hydrogen-bond donors (Lipinski definition) is 4. The number of hydrogen-bond acceptors (Lipinski definition) is 9. The number of rotatable bonds is 19. The first-order valence-corrected chi connectivity index (χ1v) is 19.5. The molecule has 4 N–H and O–H groups in total. The standard InChI is InChI=1S/C35H52F2N6O8S/c1-2-9-28(39-33(46)30(25-27-12-7-4-8-13-27)41-52(48,49)43-18-22-51-23-19-43)32(45)40-29(24-26-10-5-3-6-11-26)31(44)35(36,37)34(47)38-14-15-42-16-20-50-21-17-42/h2,4,7-8,12-13,26,28-30,41H,1,3,5-6,9-11,14-25H2,(H,38,47)(H,39,46)(H,40,45). The van der Waals surface area contributed by atoms with Crippen molar-refractivity contribution in [1.29, 1.82) is 0 Å². The van der Waals surface area contributed by atoms with E-state index in [1.54, 1.807) is 30.3 Å². The number of nitrogens with one attached hydrogen (secondary N) is 4. The SMILES string of the molecule is C=CCC(NC(=O)C(Cc1ccccc1)NS(=O)(=O)N1CCOCC1)C(=O)NC(CC1CCCCC1)C(=O)C(F)(F)C(=O)NCCN1CCOCC1. The fraction of sp³-hybridized carbons (Fsp3) is 0.657. The lowest BCUT2D eigenvalue weighted by Gasteiger charge is -2.30. The molecule has 3 amide bonds. The van der Waals surface area contributed by atoms with Crippen molar-refractivity contribution in [3.8, 4) is 0 Å². The van der Waals surface area contributed by atoms with Gasteiger partial charge in [0, 0.05) is 39.3 Å². The average Bonchev–Trinajstić information content (AvgIpc) is 3.15. The van der Waals surface area contributed by atoms with E-state index in [9.17, 15) is 27.6 Å². The second-order valence-corrected chi connectivity index (χ2v) is 15.1. The summed E-state index contributed by atoms with van der Waals surface area (Å²) in [5.41, 5.74) is 0.639. The molecule has 0 radical (unpaired) electrons. The summed E-state index contributed by atoms with van der Waals surface area (Å²) in [6.07, 6.45) is 5.02. The van der Waals surface area contributed by atoms with Crippen LogP contribution in [0, 0.1) is 5.92 Å². The van der Waals surface area contributed by atoms with Crippen molar-refractivity contribution >= 4 is 33.7 Å². The smallest absolute Gasteiger partial charge is 0.379 e. The minimum absolute atomic E-state index is 0.0612. The van der Waals surface area contributed by atoms with Crippen LogP contribution in [0.5, 0.6) is 0 Å². The summed E-state index contributed by atoms with van der Waals surface area (Å²) in [4.78, 5) is 55.6. The van der Waals surface area contributed by atoms with Gasteiger partial charge in [0.25, 0.3) is 16.1 Å². The molecular weight excluding hydrogens is 702 g/mol. The molecule has 0 aromatic heterocycles. The zero-order valence-corrected chi connectivity index (χ0v) is 30.3. The van der Waals surface area contributed by atoms with Crippen LogP contribution in [0.1, 0.15) is 50.5 Å². The van der Waals surface area contributed by atoms with E-state index in [4.69, 9.17) is 9.47 Å². The van der Waals surface area contributed by atoms with Crippen LogP contribution in [-0.4, -0.2) is 131 Å². The van der Waals surface area contributed by atoms with E-state index in [1.807, 2.05) is 4.90 Å². The van der Waals surface area contributed by atoms with Gasteiger partial charge in [-0.05, 0) is 30.7 Å². The van der Waals surface area contributed by atoms with Gasteiger partial charge in [-0.3, -0.25) is 24.1 Å². The summed E-state index contributed by atoms with van der Waals surface area (Å²) in [5, 5.41) is 7.13. The summed E-state index contributed by atoms with van der Waals surface area (Å²) < 4.78 is 71.7. The maximum absolute atomic E-state index is 15.5. The number of ketones is 1. The predicted molar refractivity (Wildman–Crippen MR) is 188 cm³/mol. The average molecular weight is 755 g/mol. The van der Waals surface area contributed by atoms with Crippen molar-refractivity contribution in [2.24, 2.45) is 5.92 Å². The van der Waals surface area contributed by atoms with Crippen molar-refractivity contribution in [2.75, 3.05) is 65.7 Å². The molecule has 1 aromatic carbocycles. The largest absolute Gasteiger partial charge is 0.383 e. The number of amides is 3. The topological polar surface area (TPSA) is 175 Å². The van der Waals surface area contributed by atoms with Crippen LogP contribution < -0.4 is 20.7 Å². The molecule has 3 fully saturated rings. The summed E-state index contributed by atoms with van der Waals surface area (Å²) in [6.45, 7) is 6.57. The van der Waals surface area contributed by atoms with Gasteiger partial charge in [0.2, 0.25) is 17.6 Å². The highest BCUT2D eigenvalue weighted by molar-refractivity contribution is 7.87. The van der Waals surface area contributed by atoms with Crippen molar-refractivity contribution < 1.29 is 45.9 Å². The van der Waals surface area contributed by atoms with Gasteiger partial charge in [0.05, 0.1) is 32.5 Å². The van der Waals surface area contributed by atoms with Crippen LogP contribution in [0.15, 0.2) is 43.0 Å². The highest BCUT2D eigenvalue weighted by Crippen LogP contribution is 2.29. The number of benzene rings is 1. The second-order valence-electron chi connectivity index (χ2n) is 13.4. The molecule has 52 heavy (non-hydrogen) atoms. The number of halogens is 2. The number of morpholine rings is 2. The molecule has 3 unspecified atom stereocenters. The Morgan fingerprint density at radius 3 is 2.12 bits per heavy atom. The quantitative estimate of drug-likeness (QED) is 0.118. The molecule has 290 valence electrons. The first-order valence-electron chi connectivity index (χ1n) is 18.0. The molecular formula is C35H52F2N6O8S. The maximum atomic E-state index is 15.5. The lowest BCUT2D eigenvalue weighted by atomic mass is 9.83. The molecule has 0 bridgehead atoms. The molecule has 2 heterocycles. The number of alkyl halides is 2. The van der Waals surface area contributed by atoms with Crippen LogP contribution >= 0.6 is 0 Å². The highest BCUT2D eigenvalue weighted by atomic mass is 32.2. The van der Waals surface area contributed by atoms with Crippen LogP contribution in [0.25, 0.3) is 0 Å². The Labute approximate surface area is 304 Å². The van der Waals surface area contributed by atoms with Gasteiger partial charge >= 0.3 is 5.92 Å². The van der Waals surface area contributed by atoms with Crippen molar-refractivity contribution in [1.82, 2.24) is 29.9 Å². The van der Waals surface area contributed by atoms with Gasteiger partial charge in [-0.2, -0.15) is 26.2 Å². The van der Waals surface area contributed by atoms with E-state index in [2.05, 4.69) is 27.3 Å². The monoisotopic (exact) mass is 754 g/mol. The van der Waals surface area contributed by atoms with Crippen molar-refractivity contribution in [2.45, 2.75) is 75.4 Å². The second kappa shape index (κ2) is 20.2. The lowest BCUT2D eigenvalue weighted by Crippen LogP contribution is -2.60. The van der Waals surface area contributed by atoms with Crippen molar-refractivity contribution in [3.05, 3.63) is 48.6 Å². The van der Waals surface area contributed by atoms with E-state index in [0.29, 0.717) is 51.3 Å². The maximum Gasteiger partial charge on any atom is 0.383 e. The third-order valence-corrected chi connectivity index (χ3v) is 11.2. The van der Waals surface area contributed by atoms with Crippen LogP contribution in [-0.2, 0) is 45.3 Å². The molecule has 4 rings (SSSR count). The van der Waals surface area contributed by atoms with E-state index in [-0.39, 0.29) is 58.0 Å². The first-order chi connectivity index (χ1) is 24.9. The Morgan fingerprint density at radius 2 is 1.48 bits per heavy atom. The Morgan fingerprint density at radius 1 is 0.885 bits per heavy atom. The minimum Gasteiger partial charge on any atom is -0.379 e. The molecule has 14 nitrogen and oxygen atoms in total. The van der Waals surface area contributed by atoms with E-state index in [1.165, 1.54) is 6.08 Å². The predicted octanol–water partition coefficient (Wildman–Crippen LogP) is 0.933. The normalized spacial score (nSPS) is 19.9. The molecule has 1 aliphatic carbocycles. The molecule has 17 heteroatoms. The van der Waals surface area contributed by atoms with Gasteiger partial charge in [0.15, 0.2) is 0 Å². The molecule has 3 aliphatic rings. The number of carbonyl (C=O) groups is 4. The number of ether oxygens (including phenoxy) is 2. The Kier molecular flexibility index (Phi) is 16.1. The van der Waals surface area contributed by atoms with Gasteiger partial charge in [0.1, 0.15) is 12.1 Å². The molecule has 1 aromatic rings. The molecule has 2 saturated heterocycles. The minimum atomic E-state index is -4.44. The van der Waals surface area contributed by atoms with E-state index < -0.39 is 57.8 Å². The third kappa shape index (κ3) is 12.4. The first kappa shape index (κ1) is 41.4. The fourth-order valence-corrected chi connectivity index (χ4v) is 7.93. The van der Waals surface area contributed by atoms with Gasteiger partial charge < -0.3 is 25.4 Å². The number of carbonyl (C=O) groups excluding carboxylic acids is 4. The molecule has 0 spiro atoms. The summed E-state index contributed by atoms with van der Waals surface area (Å²) >= 11 is 0. The summed E-state index contributed by atoms with van der Waals surface area (Å²) in [5.74, 6) is -9.85. The molecule has 1 saturated carbocycles. The highest BCUT2D eigenvalue weighted by Gasteiger charge is 2.51. The van der Waals surface area contributed by atoms with E-state index >= 15 is 8.78 Å². The Bertz CT molecular complexity index is 1450. The van der Waals surface area contributed by atoms with Gasteiger partial charge in [-0.25, -0.2) is 0 Å². The van der Waals surface area contributed by atoms with Gasteiger partial charge in [-0.1, -0.05) is 68.5 Å². The zero-order valence-electron chi connectivity index (χ0n) is 29.5. The summed E-state index contributed by atoms with van der Waals surface area (Å²) in [7, 11) is -4.15. The zero-order chi connectivity index (χ0) is 37.6. The van der Waals surface area contributed by atoms with Crippen molar-refractivity contribution in [3.63, 3.8) is 0 Å². The molecule has 2 aliphatic heterocycles. The lowest BCUT2D eigenvalue weighted by molar-refractivity contribution is -0.160. The van der Waals surface area contributed by atoms with E-state index in [0.717, 1.165) is 23.6 Å². The van der Waals surface area contributed by atoms with Crippen LogP contribution in [0.2, 0.25) is 0 Å². The van der Waals surface area contributed by atoms with Crippen LogP contribution in [0.3, 0.4) is 0 Å². The number of Topliss-reactive ketones (excluding diaryl/α,β-unsaturated/α-hetero) is 1. The van der Waals surface area contributed by atoms with Gasteiger partial charge in [-0.15, -0.1) is 6.58 Å². The fourth-order valence-electron chi connectivity index (χ4n) is 6.60. The Balaban J connectivity index is 1.48. The van der Waals surface area contributed by atoms with Crippen LogP contribution in [0.4, 0.5) is 8.78 Å².